The number of piperidine rings is 1. The number of halogens is 2. The van der Waals surface area contributed by atoms with Crippen LogP contribution in [-0.2, 0) is 0 Å². The topological polar surface area (TPSA) is 63.4 Å². The number of amides is 1. The Labute approximate surface area is 127 Å². The summed E-state index contributed by atoms with van der Waals surface area (Å²) in [5.41, 5.74) is 0.280. The summed E-state index contributed by atoms with van der Waals surface area (Å²) in [5.74, 6) is -0.149. The molecule has 1 aromatic carbocycles. The highest BCUT2D eigenvalue weighted by molar-refractivity contribution is 9.10. The van der Waals surface area contributed by atoms with Gasteiger partial charge < -0.3 is 4.90 Å². The van der Waals surface area contributed by atoms with Crippen molar-refractivity contribution in [2.24, 2.45) is 0 Å². The predicted molar refractivity (Wildman–Crippen MR) is 78.6 cm³/mol. The summed E-state index contributed by atoms with van der Waals surface area (Å²) in [6, 6.07) is 4.34. The first kappa shape index (κ1) is 14.5. The third kappa shape index (κ3) is 3.54. The molecule has 0 radical (unpaired) electrons. The van der Waals surface area contributed by atoms with Gasteiger partial charge in [-0.3, -0.25) is 14.9 Å². The maximum atomic E-state index is 12.3. The Morgan fingerprint density at radius 1 is 1.32 bits per heavy atom. The number of alkyl halides is 1. The minimum Gasteiger partial charge on any atom is -0.339 e. The van der Waals surface area contributed by atoms with E-state index in [1.54, 1.807) is 11.0 Å². The van der Waals surface area contributed by atoms with Crippen molar-refractivity contribution in [3.63, 3.8) is 0 Å². The van der Waals surface area contributed by atoms with Crippen LogP contribution in [0.1, 0.15) is 23.2 Å². The van der Waals surface area contributed by atoms with Crippen LogP contribution in [0.5, 0.6) is 0 Å². The van der Waals surface area contributed by atoms with Crippen LogP contribution >= 0.6 is 31.9 Å². The van der Waals surface area contributed by atoms with Gasteiger partial charge in [-0.25, -0.2) is 0 Å². The van der Waals surface area contributed by atoms with Gasteiger partial charge in [-0.2, -0.15) is 0 Å². The molecule has 0 N–H and O–H groups in total. The number of nitrogens with zero attached hydrogens (tertiary/aromatic N) is 2. The van der Waals surface area contributed by atoms with E-state index in [1.807, 2.05) is 0 Å². The Morgan fingerprint density at radius 2 is 1.95 bits per heavy atom. The molecule has 0 aliphatic carbocycles. The van der Waals surface area contributed by atoms with Gasteiger partial charge in [0.15, 0.2) is 0 Å². The molecule has 7 heteroatoms. The van der Waals surface area contributed by atoms with Crippen LogP contribution < -0.4 is 0 Å². The van der Waals surface area contributed by atoms with Crippen LogP contribution in [0.2, 0.25) is 0 Å². The van der Waals surface area contributed by atoms with Crippen LogP contribution in [0.4, 0.5) is 5.69 Å². The van der Waals surface area contributed by atoms with Crippen LogP contribution in [0, 0.1) is 10.1 Å². The molecule has 1 fully saturated rings. The quantitative estimate of drug-likeness (QED) is 0.441. The molecule has 0 saturated carbocycles. The van der Waals surface area contributed by atoms with E-state index in [4.69, 9.17) is 0 Å². The van der Waals surface area contributed by atoms with Crippen LogP contribution in [0.15, 0.2) is 22.7 Å². The van der Waals surface area contributed by atoms with Crippen molar-refractivity contribution in [1.82, 2.24) is 4.90 Å². The maximum absolute atomic E-state index is 12.3. The van der Waals surface area contributed by atoms with Gasteiger partial charge in [-0.15, -0.1) is 0 Å². The number of benzene rings is 1. The number of nitro benzene ring substituents is 1. The van der Waals surface area contributed by atoms with E-state index in [9.17, 15) is 14.9 Å². The fraction of sp³-hybridized carbons (Fsp3) is 0.417. The fourth-order valence-corrected chi connectivity index (χ4v) is 2.93. The number of hydrogen-bond acceptors (Lipinski definition) is 3. The molecule has 2 rings (SSSR count). The van der Waals surface area contributed by atoms with Gasteiger partial charge in [0.1, 0.15) is 0 Å². The summed E-state index contributed by atoms with van der Waals surface area (Å²) in [4.78, 5) is 24.8. The van der Waals surface area contributed by atoms with Crippen molar-refractivity contribution in [2.45, 2.75) is 17.7 Å². The SMILES string of the molecule is O=C(c1cc(Br)cc([N+](=O)[O-])c1)N1CCC(Br)CC1. The Balaban J connectivity index is 2.21. The number of carbonyl (C=O) groups is 1. The molecule has 1 amide bonds. The van der Waals surface area contributed by atoms with Gasteiger partial charge in [0.05, 0.1) is 4.92 Å². The number of hydrogen-bond donors (Lipinski definition) is 0. The van der Waals surface area contributed by atoms with Crippen molar-refractivity contribution in [3.05, 3.63) is 38.3 Å². The minimum atomic E-state index is -0.494. The molecule has 5 nitrogen and oxygen atoms in total. The lowest BCUT2D eigenvalue weighted by Crippen LogP contribution is -2.38. The average molecular weight is 392 g/mol. The molecule has 0 spiro atoms. The molecule has 19 heavy (non-hydrogen) atoms. The number of likely N-dealkylation sites (tertiary alicyclic amines) is 1. The Bertz CT molecular complexity index is 514. The van der Waals surface area contributed by atoms with Crippen molar-refractivity contribution >= 4 is 43.5 Å². The molecule has 0 aromatic heterocycles. The lowest BCUT2D eigenvalue weighted by molar-refractivity contribution is -0.385. The highest BCUT2D eigenvalue weighted by atomic mass is 79.9. The maximum Gasteiger partial charge on any atom is 0.271 e. The minimum absolute atomic E-state index is 0.0758. The monoisotopic (exact) mass is 390 g/mol. The molecular formula is C12H12Br2N2O3. The Morgan fingerprint density at radius 3 is 2.53 bits per heavy atom. The van der Waals surface area contributed by atoms with E-state index in [1.165, 1.54) is 12.1 Å². The second kappa shape index (κ2) is 6.00. The Hall–Kier alpha value is -0.950. The number of carbonyl (C=O) groups excluding carboxylic acids is 1. The first-order valence-corrected chi connectivity index (χ1v) is 7.56. The smallest absolute Gasteiger partial charge is 0.271 e. The molecule has 1 aliphatic rings. The van der Waals surface area contributed by atoms with E-state index in [0.29, 0.717) is 28.0 Å². The normalized spacial score (nSPS) is 16.4. The van der Waals surface area contributed by atoms with E-state index in [2.05, 4.69) is 31.9 Å². The lowest BCUT2D eigenvalue weighted by atomic mass is 10.1. The largest absolute Gasteiger partial charge is 0.339 e. The molecule has 0 unspecified atom stereocenters. The highest BCUT2D eigenvalue weighted by Gasteiger charge is 2.23. The molecule has 1 aromatic rings. The molecule has 102 valence electrons. The summed E-state index contributed by atoms with van der Waals surface area (Å²) in [5, 5.41) is 10.8. The van der Waals surface area contributed by atoms with Crippen molar-refractivity contribution in [2.75, 3.05) is 13.1 Å². The van der Waals surface area contributed by atoms with Crippen molar-refractivity contribution in [3.8, 4) is 0 Å². The third-order valence-electron chi connectivity index (χ3n) is 3.05. The lowest BCUT2D eigenvalue weighted by Gasteiger charge is -2.29. The van der Waals surface area contributed by atoms with Crippen molar-refractivity contribution in [1.29, 1.82) is 0 Å². The second-order valence-corrected chi connectivity index (χ2v) is 6.63. The third-order valence-corrected chi connectivity index (χ3v) is 4.43. The van der Waals surface area contributed by atoms with Crippen LogP contribution in [-0.4, -0.2) is 33.6 Å². The molecule has 1 heterocycles. The molecular weight excluding hydrogens is 380 g/mol. The number of non-ortho nitro benzene ring substituents is 1. The van der Waals surface area contributed by atoms with E-state index >= 15 is 0 Å². The van der Waals surface area contributed by atoms with Gasteiger partial charge in [-0.05, 0) is 18.9 Å². The van der Waals surface area contributed by atoms with Gasteiger partial charge in [0.2, 0.25) is 0 Å². The zero-order chi connectivity index (χ0) is 14.0. The summed E-state index contributed by atoms with van der Waals surface area (Å²) >= 11 is 6.73. The van der Waals surface area contributed by atoms with Crippen LogP contribution in [0.25, 0.3) is 0 Å². The van der Waals surface area contributed by atoms with E-state index in [0.717, 1.165) is 12.8 Å². The number of rotatable bonds is 2. The van der Waals surface area contributed by atoms with Gasteiger partial charge in [-0.1, -0.05) is 31.9 Å². The average Bonchev–Trinajstić information content (AvgIpc) is 2.38. The highest BCUT2D eigenvalue weighted by Crippen LogP contribution is 2.24. The zero-order valence-corrected chi connectivity index (χ0v) is 13.2. The standard InChI is InChI=1S/C12H12Br2N2O3/c13-9-1-3-15(4-2-9)12(17)8-5-10(14)7-11(6-8)16(18)19/h5-7,9H,1-4H2. The Kier molecular flexibility index (Phi) is 4.57. The summed E-state index contributed by atoms with van der Waals surface area (Å²) in [7, 11) is 0. The fourth-order valence-electron chi connectivity index (χ4n) is 2.04. The van der Waals surface area contributed by atoms with E-state index in [-0.39, 0.29) is 11.6 Å². The summed E-state index contributed by atoms with van der Waals surface area (Å²) in [6.07, 6.45) is 1.81. The number of nitro groups is 1. The summed E-state index contributed by atoms with van der Waals surface area (Å²) in [6.45, 7) is 1.35. The van der Waals surface area contributed by atoms with Crippen molar-refractivity contribution < 1.29 is 9.72 Å². The van der Waals surface area contributed by atoms with Gasteiger partial charge in [0.25, 0.3) is 11.6 Å². The first-order chi connectivity index (χ1) is 8.97. The van der Waals surface area contributed by atoms with E-state index < -0.39 is 4.92 Å². The second-order valence-electron chi connectivity index (χ2n) is 4.42. The molecule has 0 bridgehead atoms. The van der Waals surface area contributed by atoms with Crippen LogP contribution in [0.3, 0.4) is 0 Å². The molecule has 0 atom stereocenters. The zero-order valence-electron chi connectivity index (χ0n) is 10.0. The summed E-state index contributed by atoms with van der Waals surface area (Å²) < 4.78 is 0.542. The van der Waals surface area contributed by atoms with Gasteiger partial charge in [0, 0.05) is 40.1 Å². The predicted octanol–water partition coefficient (Wildman–Crippen LogP) is 3.36. The molecule has 1 aliphatic heterocycles. The molecule has 1 saturated heterocycles. The first-order valence-electron chi connectivity index (χ1n) is 5.85. The van der Waals surface area contributed by atoms with Gasteiger partial charge >= 0.3 is 0 Å².